The number of carbonyl (C=O) groups is 3. The van der Waals surface area contributed by atoms with Crippen LogP contribution in [0.4, 0.5) is 9.59 Å². The van der Waals surface area contributed by atoms with Crippen molar-refractivity contribution in [3.63, 3.8) is 0 Å². The minimum atomic E-state index is -0.742. The number of nitrogens with one attached hydrogen (secondary N) is 1. The van der Waals surface area contributed by atoms with E-state index >= 15 is 0 Å². The van der Waals surface area contributed by atoms with Gasteiger partial charge in [-0.3, -0.25) is 0 Å². The third-order valence-corrected chi connectivity index (χ3v) is 5.89. The van der Waals surface area contributed by atoms with E-state index in [1.165, 1.54) is 31.8 Å². The predicted molar refractivity (Wildman–Crippen MR) is 98.6 cm³/mol. The third-order valence-electron chi connectivity index (χ3n) is 5.89. The minimum absolute atomic E-state index is 0.0728. The Morgan fingerprint density at radius 3 is 2.63 bits per heavy atom. The van der Waals surface area contributed by atoms with Crippen molar-refractivity contribution in [3.05, 3.63) is 23.4 Å². The average molecular weight is 376 g/mol. The van der Waals surface area contributed by atoms with Gasteiger partial charge in [0.05, 0.1) is 0 Å². The van der Waals surface area contributed by atoms with Gasteiger partial charge in [0.1, 0.15) is 13.2 Å². The monoisotopic (exact) mass is 376 g/mol. The first-order valence-corrected chi connectivity index (χ1v) is 9.72. The SMILES string of the molecule is C=C(C)C(=O)OCCOC(=O)N(CC)C(=O)NC1=C2CC(C1)C1CCCC21. The Hall–Kier alpha value is -2.31. The van der Waals surface area contributed by atoms with Crippen LogP contribution in [-0.4, -0.2) is 42.8 Å². The first-order chi connectivity index (χ1) is 12.9. The van der Waals surface area contributed by atoms with Crippen molar-refractivity contribution in [3.8, 4) is 0 Å². The van der Waals surface area contributed by atoms with Gasteiger partial charge in [-0.25, -0.2) is 19.3 Å². The summed E-state index contributed by atoms with van der Waals surface area (Å²) in [5.41, 5.74) is 2.68. The summed E-state index contributed by atoms with van der Waals surface area (Å²) in [6.45, 7) is 6.75. The molecular formula is C20H28N2O5. The van der Waals surface area contributed by atoms with Crippen LogP contribution in [0.2, 0.25) is 0 Å². The second-order valence-electron chi connectivity index (χ2n) is 7.58. The largest absolute Gasteiger partial charge is 0.459 e. The molecule has 7 heteroatoms. The number of imide groups is 1. The van der Waals surface area contributed by atoms with Crippen LogP contribution in [0.1, 0.15) is 46.0 Å². The van der Waals surface area contributed by atoms with Gasteiger partial charge in [0.2, 0.25) is 0 Å². The highest BCUT2D eigenvalue weighted by Gasteiger charge is 2.48. The van der Waals surface area contributed by atoms with Crippen molar-refractivity contribution < 1.29 is 23.9 Å². The van der Waals surface area contributed by atoms with Gasteiger partial charge in [-0.1, -0.05) is 13.0 Å². The molecule has 2 fully saturated rings. The van der Waals surface area contributed by atoms with Gasteiger partial charge in [0.15, 0.2) is 0 Å². The highest BCUT2D eigenvalue weighted by atomic mass is 16.6. The number of carbonyl (C=O) groups excluding carboxylic acids is 3. The van der Waals surface area contributed by atoms with E-state index in [2.05, 4.69) is 11.9 Å². The number of amides is 3. The molecule has 148 valence electrons. The van der Waals surface area contributed by atoms with Gasteiger partial charge in [-0.15, -0.1) is 0 Å². The summed E-state index contributed by atoms with van der Waals surface area (Å²) < 4.78 is 9.91. The molecular weight excluding hydrogens is 348 g/mol. The molecule has 3 atom stereocenters. The molecule has 1 N–H and O–H groups in total. The number of rotatable bonds is 6. The third kappa shape index (κ3) is 4.01. The van der Waals surface area contributed by atoms with Gasteiger partial charge in [0, 0.05) is 17.8 Å². The molecule has 27 heavy (non-hydrogen) atoms. The van der Waals surface area contributed by atoms with E-state index in [0.29, 0.717) is 11.8 Å². The normalized spacial score (nSPS) is 25.2. The van der Waals surface area contributed by atoms with Crippen molar-refractivity contribution in [2.45, 2.75) is 46.0 Å². The van der Waals surface area contributed by atoms with Crippen LogP contribution in [0.5, 0.6) is 0 Å². The second kappa shape index (κ2) is 8.15. The fourth-order valence-corrected chi connectivity index (χ4v) is 4.68. The lowest BCUT2D eigenvalue weighted by Crippen LogP contribution is -2.44. The highest BCUT2D eigenvalue weighted by Crippen LogP contribution is 2.57. The summed E-state index contributed by atoms with van der Waals surface area (Å²) in [5, 5.41) is 2.95. The molecule has 3 amide bonds. The lowest BCUT2D eigenvalue weighted by Gasteiger charge is -2.26. The molecule has 3 aliphatic carbocycles. The molecule has 0 aromatic carbocycles. The average Bonchev–Trinajstić information content (AvgIpc) is 3.31. The molecule has 3 rings (SSSR count). The fraction of sp³-hybridized carbons (Fsp3) is 0.650. The van der Waals surface area contributed by atoms with Crippen molar-refractivity contribution >= 4 is 18.1 Å². The Morgan fingerprint density at radius 1 is 1.19 bits per heavy atom. The molecule has 0 spiro atoms. The molecule has 0 heterocycles. The number of allylic oxidation sites excluding steroid dienone is 2. The van der Waals surface area contributed by atoms with Gasteiger partial charge < -0.3 is 14.8 Å². The Kier molecular flexibility index (Phi) is 5.87. The zero-order valence-electron chi connectivity index (χ0n) is 16.1. The molecule has 3 unspecified atom stereocenters. The summed E-state index contributed by atoms with van der Waals surface area (Å²) in [5.74, 6) is 1.55. The number of ether oxygens (including phenoxy) is 2. The van der Waals surface area contributed by atoms with Crippen molar-refractivity contribution in [2.24, 2.45) is 17.8 Å². The smallest absolute Gasteiger partial charge is 0.418 e. The van der Waals surface area contributed by atoms with Crippen LogP contribution < -0.4 is 5.32 Å². The summed E-state index contributed by atoms with van der Waals surface area (Å²) in [7, 11) is 0. The van der Waals surface area contributed by atoms with Crippen molar-refractivity contribution in [1.82, 2.24) is 10.2 Å². The maximum atomic E-state index is 12.6. The lowest BCUT2D eigenvalue weighted by atomic mass is 9.85. The van der Waals surface area contributed by atoms with Crippen LogP contribution in [0.15, 0.2) is 23.4 Å². The molecule has 2 saturated carbocycles. The number of nitrogens with zero attached hydrogens (tertiary/aromatic N) is 1. The van der Waals surface area contributed by atoms with Crippen LogP contribution in [-0.2, 0) is 14.3 Å². The fourth-order valence-electron chi connectivity index (χ4n) is 4.68. The van der Waals surface area contributed by atoms with Crippen molar-refractivity contribution in [1.29, 1.82) is 0 Å². The Balaban J connectivity index is 1.49. The van der Waals surface area contributed by atoms with Crippen LogP contribution >= 0.6 is 0 Å². The van der Waals surface area contributed by atoms with Crippen LogP contribution in [0.25, 0.3) is 0 Å². The summed E-state index contributed by atoms with van der Waals surface area (Å²) >= 11 is 0. The van der Waals surface area contributed by atoms with Gasteiger partial charge in [0.25, 0.3) is 0 Å². The van der Waals surface area contributed by atoms with E-state index in [9.17, 15) is 14.4 Å². The Labute approximate surface area is 159 Å². The van der Waals surface area contributed by atoms with Crippen LogP contribution in [0, 0.1) is 17.8 Å². The van der Waals surface area contributed by atoms with E-state index in [-0.39, 0.29) is 25.3 Å². The summed E-state index contributed by atoms with van der Waals surface area (Å²) in [4.78, 5) is 37.0. The highest BCUT2D eigenvalue weighted by molar-refractivity contribution is 5.91. The molecule has 0 radical (unpaired) electrons. The molecule has 0 aromatic heterocycles. The molecule has 7 nitrogen and oxygen atoms in total. The first kappa shape index (κ1) is 19.5. The quantitative estimate of drug-likeness (QED) is 0.436. The van der Waals surface area contributed by atoms with E-state index < -0.39 is 18.1 Å². The lowest BCUT2D eigenvalue weighted by molar-refractivity contribution is -0.140. The van der Waals surface area contributed by atoms with E-state index in [1.54, 1.807) is 6.92 Å². The second-order valence-corrected chi connectivity index (χ2v) is 7.58. The zero-order valence-corrected chi connectivity index (χ0v) is 16.1. The maximum Gasteiger partial charge on any atom is 0.418 e. The first-order valence-electron chi connectivity index (χ1n) is 9.72. The number of urea groups is 1. The topological polar surface area (TPSA) is 84.9 Å². The number of esters is 1. The van der Waals surface area contributed by atoms with E-state index in [0.717, 1.165) is 29.4 Å². The minimum Gasteiger partial charge on any atom is -0.459 e. The zero-order chi connectivity index (χ0) is 19.6. The van der Waals surface area contributed by atoms with E-state index in [1.807, 2.05) is 0 Å². The number of hydrogen-bond donors (Lipinski definition) is 1. The van der Waals surface area contributed by atoms with Crippen molar-refractivity contribution in [2.75, 3.05) is 19.8 Å². The van der Waals surface area contributed by atoms with Gasteiger partial charge >= 0.3 is 18.1 Å². The molecule has 2 bridgehead atoms. The molecule has 0 aromatic rings. The van der Waals surface area contributed by atoms with E-state index in [4.69, 9.17) is 9.47 Å². The molecule has 0 aliphatic heterocycles. The summed E-state index contributed by atoms with van der Waals surface area (Å²) in [6.07, 6.45) is 5.07. The van der Waals surface area contributed by atoms with Gasteiger partial charge in [-0.05, 0) is 62.9 Å². The number of fused-ring (bicyclic) bond motifs is 5. The number of hydrogen-bond acceptors (Lipinski definition) is 5. The molecule has 0 saturated heterocycles. The Morgan fingerprint density at radius 2 is 1.93 bits per heavy atom. The Bertz CT molecular complexity index is 684. The predicted octanol–water partition coefficient (Wildman–Crippen LogP) is 3.37. The molecule has 3 aliphatic rings. The van der Waals surface area contributed by atoms with Crippen LogP contribution in [0.3, 0.4) is 0 Å². The summed E-state index contributed by atoms with van der Waals surface area (Å²) in [6, 6.07) is -0.453. The van der Waals surface area contributed by atoms with Gasteiger partial charge in [-0.2, -0.15) is 0 Å². The maximum absolute atomic E-state index is 12.6. The standard InChI is InChI=1S/C20H28N2O5/c1-4-22(20(25)27-9-8-26-18(23)12(2)3)19(24)21-17-11-13-10-16(17)15-7-5-6-14(13)15/h13-15H,2,4-11H2,1,3H3,(H,21,24).